The third-order valence-corrected chi connectivity index (χ3v) is 4.09. The normalized spacial score (nSPS) is 12.1. The Bertz CT molecular complexity index is 1140. The molecule has 0 aliphatic rings. The van der Waals surface area contributed by atoms with Gasteiger partial charge in [0.15, 0.2) is 5.69 Å². The van der Waals surface area contributed by atoms with Crippen molar-refractivity contribution in [3.63, 3.8) is 0 Å². The highest BCUT2D eigenvalue weighted by Gasteiger charge is 2.33. The second-order valence-electron chi connectivity index (χ2n) is 5.89. The molecule has 0 saturated heterocycles. The van der Waals surface area contributed by atoms with Crippen LogP contribution in [0, 0.1) is 19.7 Å². The van der Waals surface area contributed by atoms with Gasteiger partial charge in [0.05, 0.1) is 29.3 Å². The quantitative estimate of drug-likeness (QED) is 0.489. The van der Waals surface area contributed by atoms with Crippen molar-refractivity contribution >= 4 is 5.78 Å². The Kier molecular flexibility index (Phi) is 3.72. The molecule has 0 aliphatic heterocycles. The van der Waals surface area contributed by atoms with Crippen LogP contribution in [-0.2, 0) is 6.18 Å². The van der Waals surface area contributed by atoms with Crippen LogP contribution >= 0.6 is 0 Å². The second kappa shape index (κ2) is 5.86. The van der Waals surface area contributed by atoms with E-state index in [2.05, 4.69) is 20.2 Å². The van der Waals surface area contributed by atoms with Crippen molar-refractivity contribution in [2.45, 2.75) is 20.0 Å². The van der Waals surface area contributed by atoms with E-state index in [4.69, 9.17) is 4.52 Å². The minimum Gasteiger partial charge on any atom is -0.361 e. The molecule has 0 unspecified atom stereocenters. The first kappa shape index (κ1) is 17.1. The lowest BCUT2D eigenvalue weighted by molar-refractivity contribution is -0.141. The SMILES string of the molecule is Cc1noc(C)c1-c1cc(-c2cnc3nc(C(F)(F)F)cnn23)ccc1F. The number of halogens is 4. The summed E-state index contributed by atoms with van der Waals surface area (Å²) in [5, 5.41) is 7.60. The van der Waals surface area contributed by atoms with Crippen molar-refractivity contribution in [2.75, 3.05) is 0 Å². The van der Waals surface area contributed by atoms with E-state index in [-0.39, 0.29) is 11.3 Å². The summed E-state index contributed by atoms with van der Waals surface area (Å²) in [6.45, 7) is 3.36. The maximum Gasteiger partial charge on any atom is 0.435 e. The Labute approximate surface area is 149 Å². The molecule has 1 aromatic carbocycles. The largest absolute Gasteiger partial charge is 0.435 e. The molecule has 4 rings (SSSR count). The summed E-state index contributed by atoms with van der Waals surface area (Å²) in [5.74, 6) is -0.230. The van der Waals surface area contributed by atoms with Crippen LogP contribution in [0.5, 0.6) is 0 Å². The van der Waals surface area contributed by atoms with Crippen LogP contribution in [-0.4, -0.2) is 24.7 Å². The molecular formula is C17H11F4N5O. The van der Waals surface area contributed by atoms with Gasteiger partial charge in [-0.2, -0.15) is 22.8 Å². The topological polar surface area (TPSA) is 69.1 Å². The van der Waals surface area contributed by atoms with Crippen LogP contribution in [0.4, 0.5) is 17.6 Å². The Morgan fingerprint density at radius 1 is 1.11 bits per heavy atom. The molecule has 0 saturated carbocycles. The van der Waals surface area contributed by atoms with E-state index in [0.717, 1.165) is 0 Å². The Balaban J connectivity index is 1.86. The van der Waals surface area contributed by atoms with Crippen molar-refractivity contribution in [2.24, 2.45) is 0 Å². The van der Waals surface area contributed by atoms with Crippen molar-refractivity contribution < 1.29 is 22.1 Å². The fraction of sp³-hybridized carbons (Fsp3) is 0.176. The fourth-order valence-corrected chi connectivity index (χ4v) is 2.85. The smallest absolute Gasteiger partial charge is 0.361 e. The summed E-state index contributed by atoms with van der Waals surface area (Å²) < 4.78 is 59.0. The summed E-state index contributed by atoms with van der Waals surface area (Å²) in [7, 11) is 0. The zero-order chi connectivity index (χ0) is 19.3. The van der Waals surface area contributed by atoms with E-state index in [1.54, 1.807) is 19.9 Å². The highest BCUT2D eigenvalue weighted by atomic mass is 19.4. The van der Waals surface area contributed by atoms with E-state index >= 15 is 0 Å². The number of benzene rings is 1. The molecule has 0 fully saturated rings. The monoisotopic (exact) mass is 377 g/mol. The molecule has 0 aliphatic carbocycles. The molecule has 10 heteroatoms. The summed E-state index contributed by atoms with van der Waals surface area (Å²) in [4.78, 5) is 7.36. The van der Waals surface area contributed by atoms with E-state index < -0.39 is 17.7 Å². The van der Waals surface area contributed by atoms with E-state index in [1.807, 2.05) is 0 Å². The van der Waals surface area contributed by atoms with Gasteiger partial charge in [-0.25, -0.2) is 14.4 Å². The van der Waals surface area contributed by atoms with E-state index in [0.29, 0.717) is 34.5 Å². The molecule has 0 atom stereocenters. The van der Waals surface area contributed by atoms with E-state index in [9.17, 15) is 17.6 Å². The van der Waals surface area contributed by atoms with Gasteiger partial charge >= 0.3 is 6.18 Å². The highest BCUT2D eigenvalue weighted by molar-refractivity contribution is 5.74. The lowest BCUT2D eigenvalue weighted by atomic mass is 10.00. The molecule has 0 bridgehead atoms. The van der Waals surface area contributed by atoms with Gasteiger partial charge in [-0.1, -0.05) is 5.16 Å². The number of imidazole rings is 1. The Hall–Kier alpha value is -3.30. The molecule has 4 aromatic rings. The lowest BCUT2D eigenvalue weighted by Crippen LogP contribution is -2.11. The minimum absolute atomic E-state index is 0.206. The van der Waals surface area contributed by atoms with Gasteiger partial charge in [0.25, 0.3) is 5.78 Å². The number of aryl methyl sites for hydroxylation is 2. The lowest BCUT2D eigenvalue weighted by Gasteiger charge is -2.07. The van der Waals surface area contributed by atoms with Crippen LogP contribution < -0.4 is 0 Å². The molecule has 0 spiro atoms. The standard InChI is InChI=1S/C17H11F4N5O/c1-8-15(9(2)27-25-8)11-5-10(3-4-12(11)18)13-6-22-16-24-14(17(19,20)21)7-23-26(13)16/h3-7H,1-2H3. The second-order valence-corrected chi connectivity index (χ2v) is 5.89. The van der Waals surface area contributed by atoms with Gasteiger partial charge < -0.3 is 4.52 Å². The average Bonchev–Trinajstić information content (AvgIpc) is 3.18. The molecular weight excluding hydrogens is 366 g/mol. The van der Waals surface area contributed by atoms with Crippen molar-refractivity contribution in [1.82, 2.24) is 24.7 Å². The van der Waals surface area contributed by atoms with Crippen molar-refractivity contribution in [1.29, 1.82) is 0 Å². The fourth-order valence-electron chi connectivity index (χ4n) is 2.85. The first-order chi connectivity index (χ1) is 12.8. The summed E-state index contributed by atoms with van der Waals surface area (Å²) in [5.41, 5.74) is 1.05. The van der Waals surface area contributed by atoms with Gasteiger partial charge in [0.1, 0.15) is 11.6 Å². The summed E-state index contributed by atoms with van der Waals surface area (Å²) >= 11 is 0. The zero-order valence-corrected chi connectivity index (χ0v) is 14.0. The molecule has 27 heavy (non-hydrogen) atoms. The van der Waals surface area contributed by atoms with Gasteiger partial charge in [-0.3, -0.25) is 0 Å². The zero-order valence-electron chi connectivity index (χ0n) is 14.0. The number of hydrogen-bond acceptors (Lipinski definition) is 5. The Morgan fingerprint density at radius 3 is 2.56 bits per heavy atom. The van der Waals surface area contributed by atoms with Crippen LogP contribution in [0.25, 0.3) is 28.2 Å². The molecule has 3 aromatic heterocycles. The number of fused-ring (bicyclic) bond motifs is 1. The number of aromatic nitrogens is 5. The molecule has 0 N–H and O–H groups in total. The van der Waals surface area contributed by atoms with Crippen molar-refractivity contribution in [3.8, 4) is 22.4 Å². The molecule has 138 valence electrons. The third-order valence-electron chi connectivity index (χ3n) is 4.09. The first-order valence-corrected chi connectivity index (χ1v) is 7.77. The first-order valence-electron chi connectivity index (χ1n) is 7.77. The maximum atomic E-state index is 14.4. The number of alkyl halides is 3. The third kappa shape index (κ3) is 2.82. The predicted octanol–water partition coefficient (Wildman–Crippen LogP) is 4.22. The summed E-state index contributed by atoms with van der Waals surface area (Å²) in [6, 6.07) is 4.29. The molecule has 0 radical (unpaired) electrons. The number of nitrogens with zero attached hydrogens (tertiary/aromatic N) is 5. The van der Waals surface area contributed by atoms with Gasteiger partial charge in [-0.15, -0.1) is 0 Å². The predicted molar refractivity (Wildman–Crippen MR) is 86.1 cm³/mol. The van der Waals surface area contributed by atoms with Crippen LogP contribution in [0.3, 0.4) is 0 Å². The van der Waals surface area contributed by atoms with Crippen LogP contribution in [0.1, 0.15) is 17.1 Å². The van der Waals surface area contributed by atoms with Crippen LogP contribution in [0.2, 0.25) is 0 Å². The number of hydrogen-bond donors (Lipinski definition) is 0. The van der Waals surface area contributed by atoms with Crippen molar-refractivity contribution in [3.05, 3.63) is 53.6 Å². The minimum atomic E-state index is -4.62. The maximum absolute atomic E-state index is 14.4. The number of rotatable bonds is 2. The molecule has 6 nitrogen and oxygen atoms in total. The van der Waals surface area contributed by atoms with Gasteiger partial charge in [-0.05, 0) is 32.0 Å². The van der Waals surface area contributed by atoms with Gasteiger partial charge in [0.2, 0.25) is 0 Å². The average molecular weight is 377 g/mol. The van der Waals surface area contributed by atoms with Gasteiger partial charge in [0, 0.05) is 11.1 Å². The Morgan fingerprint density at radius 2 is 1.89 bits per heavy atom. The summed E-state index contributed by atoms with van der Waals surface area (Å²) in [6.07, 6.45) is -2.66. The molecule has 3 heterocycles. The van der Waals surface area contributed by atoms with E-state index in [1.165, 1.54) is 22.8 Å². The molecule has 0 amide bonds. The van der Waals surface area contributed by atoms with Crippen LogP contribution in [0.15, 0.2) is 35.1 Å². The highest BCUT2D eigenvalue weighted by Crippen LogP contribution is 2.33.